The summed E-state index contributed by atoms with van der Waals surface area (Å²) in [4.78, 5) is 27.3. The van der Waals surface area contributed by atoms with Crippen molar-refractivity contribution < 1.29 is 9.21 Å². The average Bonchev–Trinajstić information content (AvgIpc) is 2.99. The summed E-state index contributed by atoms with van der Waals surface area (Å²) in [6.45, 7) is 9.65. The number of carbonyl (C=O) groups excluding carboxylic acids is 1. The highest BCUT2D eigenvalue weighted by Crippen LogP contribution is 2.28. The first-order valence-electron chi connectivity index (χ1n) is 8.48. The van der Waals surface area contributed by atoms with Crippen LogP contribution in [-0.4, -0.2) is 37.2 Å². The number of aromatic nitrogens is 3. The lowest BCUT2D eigenvalue weighted by atomic mass is 10.2. The molecule has 0 fully saturated rings. The fourth-order valence-electron chi connectivity index (χ4n) is 3.53. The molecule has 7 heteroatoms. The van der Waals surface area contributed by atoms with Gasteiger partial charge in [0.2, 0.25) is 5.91 Å². The Bertz CT molecular complexity index is 999. The van der Waals surface area contributed by atoms with Crippen LogP contribution in [0.15, 0.2) is 21.5 Å². The Labute approximate surface area is 145 Å². The van der Waals surface area contributed by atoms with Crippen LogP contribution in [0.5, 0.6) is 0 Å². The van der Waals surface area contributed by atoms with E-state index in [9.17, 15) is 9.59 Å². The van der Waals surface area contributed by atoms with E-state index in [1.54, 1.807) is 15.7 Å². The van der Waals surface area contributed by atoms with E-state index in [2.05, 4.69) is 5.10 Å². The number of amides is 1. The van der Waals surface area contributed by atoms with Gasteiger partial charge in [-0.15, -0.1) is 0 Å². The van der Waals surface area contributed by atoms with Gasteiger partial charge in [-0.3, -0.25) is 9.59 Å². The summed E-state index contributed by atoms with van der Waals surface area (Å²) in [7, 11) is 1.82. The number of carbonyl (C=O) groups is 1. The maximum atomic E-state index is 12.9. The first-order valence-corrected chi connectivity index (χ1v) is 8.48. The molecule has 1 amide bonds. The predicted molar refractivity (Wildman–Crippen MR) is 96.6 cm³/mol. The number of rotatable bonds is 4. The summed E-state index contributed by atoms with van der Waals surface area (Å²) in [5.74, 6) is 0.666. The van der Waals surface area contributed by atoms with E-state index in [1.165, 1.54) is 4.68 Å². The average molecular weight is 344 g/mol. The van der Waals surface area contributed by atoms with Crippen molar-refractivity contribution >= 4 is 27.9 Å². The van der Waals surface area contributed by atoms with Gasteiger partial charge in [-0.1, -0.05) is 0 Å². The second kappa shape index (κ2) is 6.06. The Morgan fingerprint density at radius 3 is 2.52 bits per heavy atom. The van der Waals surface area contributed by atoms with Crippen LogP contribution in [0.25, 0.3) is 22.0 Å². The van der Waals surface area contributed by atoms with Crippen LogP contribution < -0.4 is 5.56 Å². The summed E-state index contributed by atoms with van der Waals surface area (Å²) in [6, 6.07) is 2.02. The minimum Gasteiger partial charge on any atom is -0.459 e. The molecule has 0 atom stereocenters. The van der Waals surface area contributed by atoms with Gasteiger partial charge in [-0.05, 0) is 34.6 Å². The summed E-state index contributed by atoms with van der Waals surface area (Å²) in [5.41, 5.74) is 1.72. The molecule has 0 unspecified atom stereocenters. The molecule has 0 N–H and O–H groups in total. The lowest BCUT2D eigenvalue weighted by molar-refractivity contribution is -0.135. The Kier molecular flexibility index (Phi) is 4.18. The van der Waals surface area contributed by atoms with Gasteiger partial charge in [0.25, 0.3) is 5.56 Å². The largest absolute Gasteiger partial charge is 0.459 e. The first kappa shape index (κ1) is 17.3. The third-order valence-corrected chi connectivity index (χ3v) is 4.48. The van der Waals surface area contributed by atoms with Gasteiger partial charge in [0.05, 0.1) is 17.1 Å². The van der Waals surface area contributed by atoms with E-state index < -0.39 is 0 Å². The molecule has 0 bridgehead atoms. The fraction of sp³-hybridized carbons (Fsp3) is 0.500. The molecule has 0 saturated carbocycles. The minimum absolute atomic E-state index is 0.0623. The molecule has 3 aromatic rings. The third-order valence-electron chi connectivity index (χ3n) is 4.48. The highest BCUT2D eigenvalue weighted by atomic mass is 16.3. The smallest absolute Gasteiger partial charge is 0.291 e. The van der Waals surface area contributed by atoms with Crippen molar-refractivity contribution in [1.82, 2.24) is 19.2 Å². The van der Waals surface area contributed by atoms with Gasteiger partial charge in [-0.25, -0.2) is 4.68 Å². The molecule has 0 radical (unpaired) electrons. The molecule has 3 rings (SSSR count). The second-order valence-electron chi connectivity index (χ2n) is 6.99. The molecule has 3 aromatic heterocycles. The molecule has 0 aromatic carbocycles. The molecule has 0 aliphatic carbocycles. The van der Waals surface area contributed by atoms with E-state index in [-0.39, 0.29) is 30.1 Å². The van der Waals surface area contributed by atoms with E-state index in [0.29, 0.717) is 16.5 Å². The van der Waals surface area contributed by atoms with Crippen LogP contribution in [0.2, 0.25) is 0 Å². The van der Waals surface area contributed by atoms with E-state index in [0.717, 1.165) is 11.3 Å². The Morgan fingerprint density at radius 2 is 1.92 bits per heavy atom. The molecular formula is C18H24N4O3. The number of aryl methyl sites for hydroxylation is 2. The first-order chi connectivity index (χ1) is 11.7. The fourth-order valence-corrected chi connectivity index (χ4v) is 3.53. The van der Waals surface area contributed by atoms with Gasteiger partial charge in [-0.2, -0.15) is 5.10 Å². The van der Waals surface area contributed by atoms with Crippen LogP contribution in [-0.2, 0) is 18.4 Å². The second-order valence-corrected chi connectivity index (χ2v) is 6.99. The standard InChI is InChI=1S/C18H24N4O3/c1-10(2)22(11(3)4)15(23)9-21-18(24)16-13(8-19-21)17-14(20(16)6)7-12(5)25-17/h7-8,10-11H,9H2,1-6H3. The van der Waals surface area contributed by atoms with Gasteiger partial charge < -0.3 is 13.9 Å². The summed E-state index contributed by atoms with van der Waals surface area (Å²) >= 11 is 0. The van der Waals surface area contributed by atoms with Gasteiger partial charge in [0.15, 0.2) is 5.58 Å². The lowest BCUT2D eigenvalue weighted by Crippen LogP contribution is -2.45. The van der Waals surface area contributed by atoms with E-state index in [1.807, 2.05) is 47.7 Å². The number of nitrogens with zero attached hydrogens (tertiary/aromatic N) is 4. The van der Waals surface area contributed by atoms with Crippen molar-refractivity contribution in [2.24, 2.45) is 7.05 Å². The molecule has 3 heterocycles. The number of fused-ring (bicyclic) bond motifs is 3. The van der Waals surface area contributed by atoms with Gasteiger partial charge in [0.1, 0.15) is 17.8 Å². The van der Waals surface area contributed by atoms with E-state index >= 15 is 0 Å². The van der Waals surface area contributed by atoms with Crippen LogP contribution in [0, 0.1) is 6.92 Å². The van der Waals surface area contributed by atoms with Crippen molar-refractivity contribution in [3.05, 3.63) is 28.4 Å². The van der Waals surface area contributed by atoms with Crippen molar-refractivity contribution in [3.63, 3.8) is 0 Å². The topological polar surface area (TPSA) is 73.3 Å². The zero-order valence-electron chi connectivity index (χ0n) is 15.5. The van der Waals surface area contributed by atoms with Crippen LogP contribution in [0.4, 0.5) is 0 Å². The van der Waals surface area contributed by atoms with Crippen molar-refractivity contribution in [2.45, 2.75) is 53.2 Å². The van der Waals surface area contributed by atoms with Gasteiger partial charge >= 0.3 is 0 Å². The van der Waals surface area contributed by atoms with Gasteiger partial charge in [0, 0.05) is 25.2 Å². The summed E-state index contributed by atoms with van der Waals surface area (Å²) < 4.78 is 8.73. The zero-order valence-corrected chi connectivity index (χ0v) is 15.5. The third kappa shape index (κ3) is 2.73. The maximum Gasteiger partial charge on any atom is 0.291 e. The summed E-state index contributed by atoms with van der Waals surface area (Å²) in [6.07, 6.45) is 1.60. The predicted octanol–water partition coefficient (Wildman–Crippen LogP) is 2.44. The molecule has 134 valence electrons. The van der Waals surface area contributed by atoms with E-state index in [4.69, 9.17) is 4.42 Å². The highest BCUT2D eigenvalue weighted by molar-refractivity contribution is 6.04. The van der Waals surface area contributed by atoms with Crippen LogP contribution in [0.3, 0.4) is 0 Å². The molecule has 0 aliphatic rings. The quantitative estimate of drug-likeness (QED) is 0.729. The number of hydrogen-bond donors (Lipinski definition) is 0. The van der Waals surface area contributed by atoms with Crippen molar-refractivity contribution in [2.75, 3.05) is 0 Å². The van der Waals surface area contributed by atoms with Crippen LogP contribution in [0.1, 0.15) is 33.5 Å². The molecule has 7 nitrogen and oxygen atoms in total. The van der Waals surface area contributed by atoms with Crippen molar-refractivity contribution in [3.8, 4) is 0 Å². The molecule has 25 heavy (non-hydrogen) atoms. The minimum atomic E-state index is -0.287. The van der Waals surface area contributed by atoms with Crippen molar-refractivity contribution in [1.29, 1.82) is 0 Å². The molecular weight excluding hydrogens is 320 g/mol. The Hall–Kier alpha value is -2.57. The molecule has 0 saturated heterocycles. The Balaban J connectivity index is 2.07. The Morgan fingerprint density at radius 1 is 1.28 bits per heavy atom. The SMILES string of the molecule is Cc1cc2c(o1)c1cnn(CC(=O)N(C(C)C)C(C)C)c(=O)c1n2C. The molecule has 0 aliphatic heterocycles. The summed E-state index contributed by atoms with van der Waals surface area (Å²) in [5, 5.41) is 4.87. The monoisotopic (exact) mass is 344 g/mol. The maximum absolute atomic E-state index is 12.9. The zero-order chi connectivity index (χ0) is 18.5. The highest BCUT2D eigenvalue weighted by Gasteiger charge is 2.23. The normalized spacial score (nSPS) is 12.0. The number of hydrogen-bond acceptors (Lipinski definition) is 4. The lowest BCUT2D eigenvalue weighted by Gasteiger charge is -2.30. The molecule has 0 spiro atoms. The number of furan rings is 1. The van der Waals surface area contributed by atoms with Crippen LogP contribution >= 0.6 is 0 Å².